The number of rotatable bonds is 7. The van der Waals surface area contributed by atoms with Gasteiger partial charge in [0.15, 0.2) is 0 Å². The Kier molecular flexibility index (Phi) is 6.24. The molecule has 0 bridgehead atoms. The molecule has 3 aliphatic rings. The van der Waals surface area contributed by atoms with E-state index in [9.17, 15) is 29.4 Å². The lowest BCUT2D eigenvalue weighted by molar-refractivity contribution is -0.163. The topological polar surface area (TPSA) is 144 Å². The van der Waals surface area contributed by atoms with Crippen LogP contribution in [0.2, 0.25) is 0 Å². The number of aromatic carboxylic acids is 1. The predicted octanol–water partition coefficient (Wildman–Crippen LogP) is 2.38. The third kappa shape index (κ3) is 4.13. The third-order valence-corrected chi connectivity index (χ3v) is 8.32. The van der Waals surface area contributed by atoms with Crippen molar-refractivity contribution in [1.29, 1.82) is 0 Å². The van der Waals surface area contributed by atoms with Gasteiger partial charge in [-0.3, -0.25) is 9.59 Å². The van der Waals surface area contributed by atoms with Crippen molar-refractivity contribution in [2.75, 3.05) is 5.32 Å². The minimum atomic E-state index is -1.16. The van der Waals surface area contributed by atoms with E-state index in [0.717, 1.165) is 6.42 Å². The number of aliphatic carboxylic acids is 1. The average molecular weight is 475 g/mol. The molecule has 1 aliphatic carbocycles. The van der Waals surface area contributed by atoms with E-state index >= 15 is 0 Å². The summed E-state index contributed by atoms with van der Waals surface area (Å²) >= 11 is 1.42. The lowest BCUT2D eigenvalue weighted by atomic mass is 9.79. The zero-order valence-electron chi connectivity index (χ0n) is 18.2. The minimum Gasteiger partial charge on any atom is -0.478 e. The standard InChI is InChI=1S/C23H26N2O7S/c1-10-17-16(11(2)26)21(28)25(17)18(23(31)32)19(10)33-15-7-6-12(9-15)20(27)24-14-5-3-4-13(8-14)22(29)30/h3-5,8,10-12,15-17,26H,6-7,9H2,1-2H3,(H,24,27)(H,29,30)(H,31,32)/t10-,11-,12+,15?,16-,17-/m1/s1. The van der Waals surface area contributed by atoms with Gasteiger partial charge in [-0.15, -0.1) is 11.8 Å². The van der Waals surface area contributed by atoms with Gasteiger partial charge in [0.2, 0.25) is 11.8 Å². The van der Waals surface area contributed by atoms with Gasteiger partial charge in [-0.1, -0.05) is 13.0 Å². The van der Waals surface area contributed by atoms with E-state index in [4.69, 9.17) is 5.11 Å². The van der Waals surface area contributed by atoms with Crippen LogP contribution in [-0.4, -0.2) is 61.4 Å². The molecule has 10 heteroatoms. The van der Waals surface area contributed by atoms with E-state index in [0.29, 0.717) is 23.4 Å². The Morgan fingerprint density at radius 2 is 1.91 bits per heavy atom. The van der Waals surface area contributed by atoms with Crippen LogP contribution in [0, 0.1) is 17.8 Å². The number of hydrogen-bond donors (Lipinski definition) is 4. The summed E-state index contributed by atoms with van der Waals surface area (Å²) in [6.45, 7) is 3.43. The summed E-state index contributed by atoms with van der Waals surface area (Å²) in [6.07, 6.45) is 1.06. The first-order valence-corrected chi connectivity index (χ1v) is 11.8. The molecule has 2 fully saturated rings. The van der Waals surface area contributed by atoms with Crippen molar-refractivity contribution >= 4 is 41.2 Å². The maximum Gasteiger partial charge on any atom is 0.353 e. The molecule has 6 atom stereocenters. The number of β-lactam (4-membered cyclic amide) rings is 1. The summed E-state index contributed by atoms with van der Waals surface area (Å²) < 4.78 is 0. The van der Waals surface area contributed by atoms with Crippen molar-refractivity contribution < 1.29 is 34.5 Å². The Bertz CT molecular complexity index is 1050. The van der Waals surface area contributed by atoms with Gasteiger partial charge in [-0.05, 0) is 44.4 Å². The number of carbonyl (C=O) groups is 4. The van der Waals surface area contributed by atoms with Gasteiger partial charge in [0.05, 0.1) is 23.6 Å². The molecule has 1 saturated heterocycles. The SMILES string of the molecule is C[C@@H](O)[C@H]1C(=O)N2C(C(=O)O)=C(SC3CC[C@H](C(=O)Nc4cccc(C(=O)O)c4)C3)[C@H](C)[C@H]12. The van der Waals surface area contributed by atoms with E-state index in [1.54, 1.807) is 19.1 Å². The fraction of sp³-hybridized carbons (Fsp3) is 0.478. The molecule has 9 nitrogen and oxygen atoms in total. The molecule has 2 heterocycles. The highest BCUT2D eigenvalue weighted by Gasteiger charge is 2.60. The normalized spacial score (nSPS) is 29.5. The monoisotopic (exact) mass is 474 g/mol. The van der Waals surface area contributed by atoms with Crippen LogP contribution in [-0.2, 0) is 14.4 Å². The van der Waals surface area contributed by atoms with E-state index in [2.05, 4.69) is 5.32 Å². The van der Waals surface area contributed by atoms with E-state index in [-0.39, 0.29) is 46.2 Å². The van der Waals surface area contributed by atoms with Crippen LogP contribution >= 0.6 is 11.8 Å². The van der Waals surface area contributed by atoms with Crippen molar-refractivity contribution in [2.24, 2.45) is 17.8 Å². The first-order valence-electron chi connectivity index (χ1n) is 10.9. The molecule has 176 valence electrons. The summed E-state index contributed by atoms with van der Waals surface area (Å²) in [4.78, 5) is 50.2. The van der Waals surface area contributed by atoms with Crippen molar-refractivity contribution in [1.82, 2.24) is 4.90 Å². The lowest BCUT2D eigenvalue weighted by Gasteiger charge is -2.46. The maximum absolute atomic E-state index is 12.7. The minimum absolute atomic E-state index is 0.00205. The van der Waals surface area contributed by atoms with E-state index < -0.39 is 24.0 Å². The maximum atomic E-state index is 12.7. The Balaban J connectivity index is 1.43. The quantitative estimate of drug-likeness (QED) is 0.441. The lowest BCUT2D eigenvalue weighted by Crippen LogP contribution is -2.63. The largest absolute Gasteiger partial charge is 0.478 e. The van der Waals surface area contributed by atoms with E-state index in [1.165, 1.54) is 28.8 Å². The van der Waals surface area contributed by atoms with Crippen molar-refractivity contribution in [3.05, 3.63) is 40.4 Å². The number of carbonyl (C=O) groups excluding carboxylic acids is 2. The van der Waals surface area contributed by atoms with Crippen LogP contribution in [0.5, 0.6) is 0 Å². The number of carboxylic acid groups (broad SMARTS) is 2. The smallest absolute Gasteiger partial charge is 0.353 e. The number of thioether (sulfide) groups is 1. The molecule has 4 rings (SSSR count). The van der Waals surface area contributed by atoms with Crippen molar-refractivity contribution in [2.45, 2.75) is 50.5 Å². The predicted molar refractivity (Wildman–Crippen MR) is 120 cm³/mol. The molecule has 0 spiro atoms. The van der Waals surface area contributed by atoms with Crippen LogP contribution in [0.25, 0.3) is 0 Å². The van der Waals surface area contributed by atoms with Crippen LogP contribution in [0.3, 0.4) is 0 Å². The second-order valence-corrected chi connectivity index (χ2v) is 10.2. The number of nitrogens with one attached hydrogen (secondary N) is 1. The number of aliphatic hydroxyl groups is 1. The fourth-order valence-electron chi connectivity index (χ4n) is 5.12. The Morgan fingerprint density at radius 1 is 1.18 bits per heavy atom. The molecule has 2 amide bonds. The van der Waals surface area contributed by atoms with Gasteiger partial charge in [-0.2, -0.15) is 0 Å². The average Bonchev–Trinajstić information content (AvgIpc) is 3.30. The van der Waals surface area contributed by atoms with Crippen LogP contribution in [0.1, 0.15) is 43.5 Å². The molecule has 2 aliphatic heterocycles. The number of anilines is 1. The summed E-state index contributed by atoms with van der Waals surface area (Å²) in [7, 11) is 0. The van der Waals surface area contributed by atoms with Crippen LogP contribution < -0.4 is 5.32 Å². The van der Waals surface area contributed by atoms with Crippen LogP contribution in [0.15, 0.2) is 34.9 Å². The third-order valence-electron chi connectivity index (χ3n) is 6.74. The Morgan fingerprint density at radius 3 is 2.55 bits per heavy atom. The number of amides is 2. The molecule has 1 saturated carbocycles. The molecule has 4 N–H and O–H groups in total. The summed E-state index contributed by atoms with van der Waals surface area (Å²) in [5.41, 5.74) is 0.506. The van der Waals surface area contributed by atoms with E-state index in [1.807, 2.05) is 6.92 Å². The number of carboxylic acids is 2. The second-order valence-electron chi connectivity index (χ2n) is 8.90. The van der Waals surface area contributed by atoms with Crippen LogP contribution in [0.4, 0.5) is 5.69 Å². The number of benzene rings is 1. The Labute approximate surface area is 194 Å². The highest BCUT2D eigenvalue weighted by Crippen LogP contribution is 2.53. The first kappa shape index (κ1) is 23.3. The summed E-state index contributed by atoms with van der Waals surface area (Å²) in [6, 6.07) is 5.71. The zero-order chi connectivity index (χ0) is 24.0. The molecule has 1 aromatic rings. The summed E-state index contributed by atoms with van der Waals surface area (Å²) in [5.74, 6) is -3.86. The highest BCUT2D eigenvalue weighted by molar-refractivity contribution is 8.03. The second kappa shape index (κ2) is 8.83. The molecule has 33 heavy (non-hydrogen) atoms. The number of hydrogen-bond acceptors (Lipinski definition) is 6. The molecular formula is C23H26N2O7S. The highest BCUT2D eigenvalue weighted by atomic mass is 32.2. The number of nitrogens with zero attached hydrogens (tertiary/aromatic N) is 1. The molecule has 0 radical (unpaired) electrons. The first-order chi connectivity index (χ1) is 15.6. The van der Waals surface area contributed by atoms with Gasteiger partial charge in [-0.25, -0.2) is 9.59 Å². The number of fused-ring (bicyclic) bond motifs is 1. The van der Waals surface area contributed by atoms with Gasteiger partial charge in [0, 0.05) is 27.7 Å². The molecular weight excluding hydrogens is 448 g/mol. The molecule has 1 unspecified atom stereocenters. The van der Waals surface area contributed by atoms with Gasteiger partial charge < -0.3 is 25.5 Å². The number of aliphatic hydroxyl groups excluding tert-OH is 1. The molecule has 0 aromatic heterocycles. The van der Waals surface area contributed by atoms with Gasteiger partial charge in [0.25, 0.3) is 0 Å². The fourth-order valence-corrected chi connectivity index (χ4v) is 6.71. The Hall–Kier alpha value is -2.85. The van der Waals surface area contributed by atoms with Crippen molar-refractivity contribution in [3.63, 3.8) is 0 Å². The van der Waals surface area contributed by atoms with Gasteiger partial charge >= 0.3 is 11.9 Å². The molecule has 1 aromatic carbocycles. The van der Waals surface area contributed by atoms with Gasteiger partial charge in [0.1, 0.15) is 5.70 Å². The zero-order valence-corrected chi connectivity index (χ0v) is 19.0. The van der Waals surface area contributed by atoms with Crippen molar-refractivity contribution in [3.8, 4) is 0 Å². The summed E-state index contributed by atoms with van der Waals surface area (Å²) in [5, 5.41) is 31.7.